The molecule has 4 N–H and O–H groups in total. The van der Waals surface area contributed by atoms with E-state index < -0.39 is 41.8 Å². The summed E-state index contributed by atoms with van der Waals surface area (Å²) in [5.74, 6) is -2.51. The van der Waals surface area contributed by atoms with Crippen LogP contribution in [-0.4, -0.2) is 62.2 Å². The Kier molecular flexibility index (Phi) is 4.29. The van der Waals surface area contributed by atoms with E-state index in [2.05, 4.69) is 0 Å². The van der Waals surface area contributed by atoms with E-state index >= 15 is 0 Å². The molecule has 4 atom stereocenters. The van der Waals surface area contributed by atoms with Crippen molar-refractivity contribution in [2.45, 2.75) is 30.2 Å². The van der Waals surface area contributed by atoms with E-state index in [1.165, 1.54) is 48.5 Å². The third kappa shape index (κ3) is 2.96. The van der Waals surface area contributed by atoms with Crippen molar-refractivity contribution in [3.05, 3.63) is 71.7 Å². The van der Waals surface area contributed by atoms with Gasteiger partial charge in [0.2, 0.25) is 17.2 Å². The number of rotatable bonds is 5. The average molecular weight is 360 g/mol. The fourth-order valence-electron chi connectivity index (χ4n) is 2.85. The standard InChI is InChI=1S/C19H18O7/c20-13-14(21)18(24)26-17(13)19(25,15(22)11-7-3-1-4-8-11)16(23)12-9-5-2-6-10-12/h1-10,13-14,17-18,20-21,24-25H/t13-,14+,17-,18?/m0/s1/i7D,9D. The normalized spacial score (nSPS) is 26.9. The van der Waals surface area contributed by atoms with Crippen molar-refractivity contribution < 1.29 is 37.5 Å². The fraction of sp³-hybridized carbons (Fsp3) is 0.263. The van der Waals surface area contributed by atoms with Gasteiger partial charge in [-0.3, -0.25) is 9.59 Å². The second-order valence-corrected chi connectivity index (χ2v) is 5.91. The van der Waals surface area contributed by atoms with Crippen LogP contribution in [0, 0.1) is 0 Å². The molecule has 1 aliphatic rings. The summed E-state index contributed by atoms with van der Waals surface area (Å²) < 4.78 is 20.7. The van der Waals surface area contributed by atoms with Crippen molar-refractivity contribution in [2.24, 2.45) is 0 Å². The van der Waals surface area contributed by atoms with Crippen molar-refractivity contribution in [3.8, 4) is 0 Å². The van der Waals surface area contributed by atoms with Gasteiger partial charge in [-0.15, -0.1) is 0 Å². The molecule has 2 aromatic carbocycles. The van der Waals surface area contributed by atoms with Gasteiger partial charge in [0, 0.05) is 11.1 Å². The highest BCUT2D eigenvalue weighted by Crippen LogP contribution is 2.33. The number of carbonyl (C=O) groups excluding carboxylic acids is 2. The van der Waals surface area contributed by atoms with Crippen LogP contribution in [0.5, 0.6) is 0 Å². The van der Waals surface area contributed by atoms with Gasteiger partial charge in [0.15, 0.2) is 6.29 Å². The lowest BCUT2D eigenvalue weighted by molar-refractivity contribution is -0.152. The van der Waals surface area contributed by atoms with Gasteiger partial charge in [-0.1, -0.05) is 60.6 Å². The van der Waals surface area contributed by atoms with Crippen molar-refractivity contribution in [1.29, 1.82) is 0 Å². The van der Waals surface area contributed by atoms with Crippen LogP contribution in [0.4, 0.5) is 0 Å². The van der Waals surface area contributed by atoms with E-state index in [9.17, 15) is 30.0 Å². The molecule has 1 heterocycles. The predicted octanol–water partition coefficient (Wildman–Crippen LogP) is -0.0777. The molecule has 7 nitrogen and oxygen atoms in total. The van der Waals surface area contributed by atoms with Gasteiger partial charge in [0.1, 0.15) is 18.3 Å². The molecule has 1 unspecified atom stereocenters. The minimum Gasteiger partial charge on any atom is -0.387 e. The van der Waals surface area contributed by atoms with Crippen LogP contribution in [0.25, 0.3) is 0 Å². The molecule has 0 bridgehead atoms. The molecule has 0 aliphatic carbocycles. The van der Waals surface area contributed by atoms with Gasteiger partial charge < -0.3 is 25.2 Å². The first-order valence-electron chi connectivity index (χ1n) is 8.82. The van der Waals surface area contributed by atoms with Crippen LogP contribution < -0.4 is 0 Å². The molecular weight excluding hydrogens is 340 g/mol. The van der Waals surface area contributed by atoms with E-state index in [4.69, 9.17) is 7.48 Å². The maximum absolute atomic E-state index is 13.2. The van der Waals surface area contributed by atoms with Gasteiger partial charge in [-0.2, -0.15) is 0 Å². The minimum absolute atomic E-state index is 0.286. The summed E-state index contributed by atoms with van der Waals surface area (Å²) in [6, 6.07) is 10.2. The smallest absolute Gasteiger partial charge is 0.219 e. The average Bonchev–Trinajstić information content (AvgIpc) is 2.95. The van der Waals surface area contributed by atoms with E-state index in [-0.39, 0.29) is 23.2 Å². The number of benzene rings is 2. The van der Waals surface area contributed by atoms with Crippen molar-refractivity contribution in [3.63, 3.8) is 0 Å². The number of hydrogen-bond donors (Lipinski definition) is 4. The van der Waals surface area contributed by atoms with Crippen LogP contribution in [0.1, 0.15) is 23.5 Å². The third-order valence-electron chi connectivity index (χ3n) is 4.25. The van der Waals surface area contributed by atoms with Crippen molar-refractivity contribution in [2.75, 3.05) is 0 Å². The number of hydrogen-bond acceptors (Lipinski definition) is 7. The lowest BCUT2D eigenvalue weighted by Gasteiger charge is -2.32. The molecule has 3 rings (SSSR count). The summed E-state index contributed by atoms with van der Waals surface area (Å²) in [6.07, 6.45) is -7.79. The molecule has 7 heteroatoms. The Hall–Kier alpha value is -2.42. The molecule has 136 valence electrons. The van der Waals surface area contributed by atoms with Crippen LogP contribution in [0.2, 0.25) is 0 Å². The topological polar surface area (TPSA) is 124 Å². The van der Waals surface area contributed by atoms with E-state index in [0.29, 0.717) is 0 Å². The number of Topliss-reactive ketones (excluding diaryl/α,β-unsaturated/α-hetero) is 2. The molecule has 26 heavy (non-hydrogen) atoms. The predicted molar refractivity (Wildman–Crippen MR) is 89.4 cm³/mol. The largest absolute Gasteiger partial charge is 0.387 e. The molecule has 2 aromatic rings. The lowest BCUT2D eigenvalue weighted by atomic mass is 9.79. The van der Waals surface area contributed by atoms with Crippen molar-refractivity contribution >= 4 is 11.6 Å². The Balaban J connectivity index is 2.17. The minimum atomic E-state index is -3.09. The molecule has 0 aromatic heterocycles. The van der Waals surface area contributed by atoms with Gasteiger partial charge in [-0.05, 0) is 0 Å². The second-order valence-electron chi connectivity index (χ2n) is 5.91. The molecule has 0 spiro atoms. The molecule has 0 saturated carbocycles. The number of ketones is 2. The van der Waals surface area contributed by atoms with Crippen molar-refractivity contribution in [1.82, 2.24) is 0 Å². The summed E-state index contributed by atoms with van der Waals surface area (Å²) >= 11 is 0. The number of ether oxygens (including phenoxy) is 1. The molecule has 1 saturated heterocycles. The lowest BCUT2D eigenvalue weighted by Crippen LogP contribution is -2.60. The number of aliphatic hydroxyl groups excluding tert-OH is 3. The zero-order valence-corrected chi connectivity index (χ0v) is 13.4. The SMILES string of the molecule is [2H]c1ccccc1C(=O)C(O)(C(=O)c1ccccc1[2H])[C@H]1OC(O)[C@H](O)[C@@H]1O. The van der Waals surface area contributed by atoms with Gasteiger partial charge in [-0.25, -0.2) is 0 Å². The Bertz CT molecular complexity index is 859. The Morgan fingerprint density at radius 1 is 0.885 bits per heavy atom. The first kappa shape index (κ1) is 15.8. The first-order chi connectivity index (χ1) is 13.2. The maximum Gasteiger partial charge on any atom is 0.219 e. The van der Waals surface area contributed by atoms with Crippen LogP contribution in [0.15, 0.2) is 60.6 Å². The number of carbonyl (C=O) groups is 2. The highest BCUT2D eigenvalue weighted by molar-refractivity contribution is 6.23. The zero-order chi connectivity index (χ0) is 20.6. The van der Waals surface area contributed by atoms with Crippen LogP contribution in [0.3, 0.4) is 0 Å². The van der Waals surface area contributed by atoms with Crippen LogP contribution >= 0.6 is 0 Å². The summed E-state index contributed by atoms with van der Waals surface area (Å²) in [5.41, 5.74) is -3.74. The Morgan fingerprint density at radius 3 is 1.77 bits per heavy atom. The number of aliphatic hydroxyl groups is 4. The molecule has 1 fully saturated rings. The van der Waals surface area contributed by atoms with Gasteiger partial charge >= 0.3 is 0 Å². The zero-order valence-electron chi connectivity index (χ0n) is 15.4. The van der Waals surface area contributed by atoms with E-state index in [1.807, 2.05) is 0 Å². The molecule has 0 radical (unpaired) electrons. The molecular formula is C19H18O7. The summed E-state index contributed by atoms with van der Waals surface area (Å²) in [4.78, 5) is 26.3. The van der Waals surface area contributed by atoms with Gasteiger partial charge in [0.05, 0.1) is 2.74 Å². The van der Waals surface area contributed by atoms with E-state index in [0.717, 1.165) is 0 Å². The molecule has 1 aliphatic heterocycles. The highest BCUT2D eigenvalue weighted by atomic mass is 16.7. The quantitative estimate of drug-likeness (QED) is 0.434. The first-order valence-corrected chi connectivity index (χ1v) is 7.82. The third-order valence-corrected chi connectivity index (χ3v) is 4.25. The Morgan fingerprint density at radius 2 is 1.38 bits per heavy atom. The summed E-state index contributed by atoms with van der Waals surface area (Å²) in [5, 5.41) is 40.9. The van der Waals surface area contributed by atoms with Crippen LogP contribution in [-0.2, 0) is 4.74 Å². The molecule has 0 amide bonds. The Labute approximate surface area is 151 Å². The summed E-state index contributed by atoms with van der Waals surface area (Å²) in [6.45, 7) is 0. The van der Waals surface area contributed by atoms with Gasteiger partial charge in [0.25, 0.3) is 0 Å². The fourth-order valence-corrected chi connectivity index (χ4v) is 2.85. The van der Waals surface area contributed by atoms with E-state index in [1.54, 1.807) is 0 Å². The summed E-state index contributed by atoms with van der Waals surface area (Å²) in [7, 11) is 0. The monoisotopic (exact) mass is 360 g/mol. The maximum atomic E-state index is 13.2. The second kappa shape index (κ2) is 7.06. The highest BCUT2D eigenvalue weighted by Gasteiger charge is 2.60.